The van der Waals surface area contributed by atoms with Gasteiger partial charge in [-0.25, -0.2) is 0 Å². The van der Waals surface area contributed by atoms with Crippen LogP contribution in [0.3, 0.4) is 0 Å². The highest BCUT2D eigenvalue weighted by atomic mass is 35.5. The molecule has 92 valence electrons. The molecule has 1 aromatic heterocycles. The normalized spacial score (nSPS) is 16.1. The Balaban J connectivity index is 2.10. The summed E-state index contributed by atoms with van der Waals surface area (Å²) in [6, 6.07) is 1.70. The van der Waals surface area contributed by atoms with Crippen molar-refractivity contribution in [3.05, 3.63) is 11.2 Å². The minimum Gasteiger partial charge on any atom is -0.380 e. The lowest BCUT2D eigenvalue weighted by Gasteiger charge is -2.35. The Morgan fingerprint density at radius 2 is 2.00 bits per heavy atom. The second kappa shape index (κ2) is 4.75. The fourth-order valence-corrected chi connectivity index (χ4v) is 2.03. The Labute approximate surface area is 104 Å². The number of halogens is 1. The first kappa shape index (κ1) is 11.9. The molecule has 7 heteroatoms. The Hall–Kier alpha value is -1.56. The van der Waals surface area contributed by atoms with Gasteiger partial charge in [0.05, 0.1) is 5.69 Å². The second-order valence-corrected chi connectivity index (χ2v) is 4.32. The highest BCUT2D eigenvalue weighted by Crippen LogP contribution is 2.24. The van der Waals surface area contributed by atoms with Gasteiger partial charge in [0, 0.05) is 39.2 Å². The van der Waals surface area contributed by atoms with Crippen LogP contribution in [-0.2, 0) is 4.79 Å². The van der Waals surface area contributed by atoms with Crippen LogP contribution in [0.2, 0.25) is 5.15 Å². The summed E-state index contributed by atoms with van der Waals surface area (Å²) in [4.78, 5) is 15.1. The Morgan fingerprint density at radius 1 is 1.35 bits per heavy atom. The van der Waals surface area contributed by atoms with Crippen molar-refractivity contribution in [3.63, 3.8) is 0 Å². The monoisotopic (exact) mass is 255 g/mol. The minimum absolute atomic E-state index is 0.100. The smallest absolute Gasteiger partial charge is 0.219 e. The maximum absolute atomic E-state index is 11.2. The number of anilines is 2. The van der Waals surface area contributed by atoms with Crippen molar-refractivity contribution in [2.24, 2.45) is 0 Å². The van der Waals surface area contributed by atoms with Crippen LogP contribution in [0, 0.1) is 0 Å². The first-order valence-corrected chi connectivity index (χ1v) is 5.75. The van der Waals surface area contributed by atoms with Gasteiger partial charge in [-0.1, -0.05) is 11.6 Å². The first-order chi connectivity index (χ1) is 8.08. The van der Waals surface area contributed by atoms with Crippen LogP contribution in [0.5, 0.6) is 0 Å². The molecule has 1 fully saturated rings. The van der Waals surface area contributed by atoms with E-state index in [4.69, 9.17) is 17.3 Å². The quantitative estimate of drug-likeness (QED) is 0.785. The van der Waals surface area contributed by atoms with Crippen LogP contribution in [0.15, 0.2) is 6.07 Å². The number of hydrogen-bond acceptors (Lipinski definition) is 5. The molecule has 1 saturated heterocycles. The minimum atomic E-state index is 0.100. The molecule has 1 aliphatic heterocycles. The molecule has 0 spiro atoms. The van der Waals surface area contributed by atoms with Crippen molar-refractivity contribution in [1.82, 2.24) is 15.1 Å². The number of nitrogen functional groups attached to an aromatic ring is 1. The zero-order chi connectivity index (χ0) is 12.4. The van der Waals surface area contributed by atoms with Gasteiger partial charge in [-0.05, 0) is 0 Å². The number of carbonyl (C=O) groups excluding carboxylic acids is 1. The van der Waals surface area contributed by atoms with Crippen molar-refractivity contribution >= 4 is 29.0 Å². The Bertz CT molecular complexity index is 431. The second-order valence-electron chi connectivity index (χ2n) is 3.93. The third kappa shape index (κ3) is 2.58. The van der Waals surface area contributed by atoms with Gasteiger partial charge in [0.25, 0.3) is 0 Å². The number of nitrogens with two attached hydrogens (primary N) is 1. The SMILES string of the molecule is CC(=O)N1CCN(c2cc(Cl)nnc2N)CC1. The fourth-order valence-electron chi connectivity index (χ4n) is 1.88. The van der Waals surface area contributed by atoms with Crippen LogP contribution in [0.25, 0.3) is 0 Å². The molecule has 0 radical (unpaired) electrons. The van der Waals surface area contributed by atoms with Crippen LogP contribution < -0.4 is 10.6 Å². The van der Waals surface area contributed by atoms with Crippen molar-refractivity contribution in [1.29, 1.82) is 0 Å². The zero-order valence-corrected chi connectivity index (χ0v) is 10.3. The van der Waals surface area contributed by atoms with Gasteiger partial charge in [-0.3, -0.25) is 4.79 Å². The van der Waals surface area contributed by atoms with E-state index in [0.717, 1.165) is 18.8 Å². The Kier molecular flexibility index (Phi) is 3.33. The summed E-state index contributed by atoms with van der Waals surface area (Å²) in [5.41, 5.74) is 6.55. The topological polar surface area (TPSA) is 75.4 Å². The maximum Gasteiger partial charge on any atom is 0.219 e. The van der Waals surface area contributed by atoms with Crippen molar-refractivity contribution in [3.8, 4) is 0 Å². The van der Waals surface area contributed by atoms with Crippen LogP contribution in [0.4, 0.5) is 11.5 Å². The molecule has 2 heterocycles. The average molecular weight is 256 g/mol. The van der Waals surface area contributed by atoms with E-state index in [1.165, 1.54) is 0 Å². The molecule has 0 unspecified atom stereocenters. The molecule has 0 atom stereocenters. The summed E-state index contributed by atoms with van der Waals surface area (Å²) < 4.78 is 0. The zero-order valence-electron chi connectivity index (χ0n) is 9.56. The number of nitrogens with zero attached hydrogens (tertiary/aromatic N) is 4. The summed E-state index contributed by atoms with van der Waals surface area (Å²) in [5, 5.41) is 7.78. The molecule has 1 amide bonds. The van der Waals surface area contributed by atoms with Gasteiger partial charge >= 0.3 is 0 Å². The molecule has 6 nitrogen and oxygen atoms in total. The van der Waals surface area contributed by atoms with E-state index < -0.39 is 0 Å². The predicted molar refractivity (Wildman–Crippen MR) is 65.9 cm³/mol. The van der Waals surface area contributed by atoms with Gasteiger partial charge < -0.3 is 15.5 Å². The van der Waals surface area contributed by atoms with E-state index in [0.29, 0.717) is 24.1 Å². The lowest BCUT2D eigenvalue weighted by molar-refractivity contribution is -0.129. The molecular formula is C10H14ClN5O. The van der Waals surface area contributed by atoms with Crippen LogP contribution >= 0.6 is 11.6 Å². The molecule has 0 aromatic carbocycles. The fraction of sp³-hybridized carbons (Fsp3) is 0.500. The van der Waals surface area contributed by atoms with Crippen LogP contribution in [0.1, 0.15) is 6.92 Å². The molecule has 2 rings (SSSR count). The maximum atomic E-state index is 11.2. The Morgan fingerprint density at radius 3 is 2.59 bits per heavy atom. The summed E-state index contributed by atoms with van der Waals surface area (Å²) >= 11 is 5.79. The van der Waals surface area contributed by atoms with E-state index in [1.54, 1.807) is 13.0 Å². The van der Waals surface area contributed by atoms with E-state index in [9.17, 15) is 4.79 Å². The summed E-state index contributed by atoms with van der Waals surface area (Å²) in [6.45, 7) is 4.41. The highest BCUT2D eigenvalue weighted by molar-refractivity contribution is 6.29. The van der Waals surface area contributed by atoms with Crippen molar-refractivity contribution in [2.75, 3.05) is 36.8 Å². The van der Waals surface area contributed by atoms with Gasteiger partial charge in [0.2, 0.25) is 5.91 Å². The van der Waals surface area contributed by atoms with Gasteiger partial charge in [0.15, 0.2) is 11.0 Å². The highest BCUT2D eigenvalue weighted by Gasteiger charge is 2.20. The van der Waals surface area contributed by atoms with E-state index >= 15 is 0 Å². The number of piperazine rings is 1. The number of hydrogen-bond donors (Lipinski definition) is 1. The molecule has 1 aliphatic rings. The molecule has 0 saturated carbocycles. The summed E-state index contributed by atoms with van der Waals surface area (Å²) in [6.07, 6.45) is 0. The van der Waals surface area contributed by atoms with Crippen LogP contribution in [-0.4, -0.2) is 47.2 Å². The third-order valence-electron chi connectivity index (χ3n) is 2.84. The number of amides is 1. The lowest BCUT2D eigenvalue weighted by atomic mass is 10.2. The number of carbonyl (C=O) groups is 1. The number of rotatable bonds is 1. The summed E-state index contributed by atoms with van der Waals surface area (Å²) in [5.74, 6) is 0.467. The van der Waals surface area contributed by atoms with E-state index in [2.05, 4.69) is 15.1 Å². The number of aromatic nitrogens is 2. The largest absolute Gasteiger partial charge is 0.380 e. The van der Waals surface area contributed by atoms with E-state index in [1.807, 2.05) is 4.90 Å². The molecule has 1 aromatic rings. The first-order valence-electron chi connectivity index (χ1n) is 5.37. The van der Waals surface area contributed by atoms with Gasteiger partial charge in [-0.2, -0.15) is 0 Å². The van der Waals surface area contributed by atoms with E-state index in [-0.39, 0.29) is 5.91 Å². The van der Waals surface area contributed by atoms with Gasteiger partial charge in [-0.15, -0.1) is 10.2 Å². The standard InChI is InChI=1S/C10H14ClN5O/c1-7(17)15-2-4-16(5-3-15)8-6-9(11)13-14-10(8)12/h6H,2-5H2,1H3,(H2,12,14). The molecule has 0 bridgehead atoms. The molecule has 0 aliphatic carbocycles. The van der Waals surface area contributed by atoms with Crippen molar-refractivity contribution in [2.45, 2.75) is 6.92 Å². The predicted octanol–water partition coefficient (Wildman–Crippen LogP) is 0.381. The molecular weight excluding hydrogens is 242 g/mol. The molecule has 17 heavy (non-hydrogen) atoms. The lowest BCUT2D eigenvalue weighted by Crippen LogP contribution is -2.48. The van der Waals surface area contributed by atoms with Crippen molar-refractivity contribution < 1.29 is 4.79 Å². The van der Waals surface area contributed by atoms with Gasteiger partial charge in [0.1, 0.15) is 0 Å². The molecule has 2 N–H and O–H groups in total. The summed E-state index contributed by atoms with van der Waals surface area (Å²) in [7, 11) is 0. The third-order valence-corrected chi connectivity index (χ3v) is 3.02. The average Bonchev–Trinajstić information content (AvgIpc) is 2.32.